The van der Waals surface area contributed by atoms with E-state index in [1.54, 1.807) is 4.57 Å². The first-order chi connectivity index (χ1) is 14.0. The molecule has 29 heavy (non-hydrogen) atoms. The number of carbonyl (C=O) groups excluding carboxylic acids is 1. The lowest BCUT2D eigenvalue weighted by molar-refractivity contribution is 0.0560. The number of β-amino-alcohol motifs (C(OH)–C–C–N with tert-alkyl or cyclic N) is 1. The van der Waals surface area contributed by atoms with Crippen LogP contribution >= 0.6 is 0 Å². The molecule has 8 heteroatoms. The molecule has 4 rings (SSSR count). The van der Waals surface area contributed by atoms with E-state index in [1.165, 1.54) is 17.3 Å². The largest absolute Gasteiger partial charge is 0.390 e. The molecule has 0 fully saturated rings. The molecule has 1 aromatic carbocycles. The summed E-state index contributed by atoms with van der Waals surface area (Å²) in [6.07, 6.45) is 0.265. The molecule has 1 unspecified atom stereocenters. The van der Waals surface area contributed by atoms with Crippen LogP contribution in [0.5, 0.6) is 0 Å². The number of halogens is 2. The Morgan fingerprint density at radius 2 is 2.07 bits per heavy atom. The van der Waals surface area contributed by atoms with Crippen molar-refractivity contribution in [3.05, 3.63) is 53.1 Å². The fourth-order valence-electron chi connectivity index (χ4n) is 4.16. The number of hydrogen-bond acceptors (Lipinski definition) is 4. The Bertz CT molecular complexity index is 870. The van der Waals surface area contributed by atoms with Crippen LogP contribution in [-0.2, 0) is 25.9 Å². The van der Waals surface area contributed by atoms with Gasteiger partial charge >= 0.3 is 0 Å². The van der Waals surface area contributed by atoms with Gasteiger partial charge in [-0.25, -0.2) is 13.8 Å². The normalized spacial score (nSPS) is 20.2. The molecular formula is C21H26F2N4O2. The van der Waals surface area contributed by atoms with E-state index in [0.717, 1.165) is 19.5 Å². The van der Waals surface area contributed by atoms with Gasteiger partial charge in [0.1, 0.15) is 11.5 Å². The van der Waals surface area contributed by atoms with E-state index in [9.17, 15) is 18.7 Å². The molecule has 0 aliphatic carbocycles. The predicted molar refractivity (Wildman–Crippen MR) is 104 cm³/mol. The molecule has 2 N–H and O–H groups in total. The second kappa shape index (κ2) is 8.59. The second-order valence-corrected chi connectivity index (χ2v) is 7.95. The van der Waals surface area contributed by atoms with E-state index in [1.807, 2.05) is 12.1 Å². The van der Waals surface area contributed by atoms with Crippen LogP contribution in [0.2, 0.25) is 0 Å². The Balaban J connectivity index is 1.27. The third kappa shape index (κ3) is 4.64. The molecule has 2 aromatic rings. The van der Waals surface area contributed by atoms with Crippen molar-refractivity contribution < 1.29 is 18.7 Å². The Hall–Kier alpha value is -2.32. The number of aromatic nitrogens is 2. The van der Waals surface area contributed by atoms with Crippen LogP contribution in [0.1, 0.15) is 33.9 Å². The predicted octanol–water partition coefficient (Wildman–Crippen LogP) is 1.86. The molecule has 0 radical (unpaired) electrons. The van der Waals surface area contributed by atoms with Gasteiger partial charge in [-0.15, -0.1) is 0 Å². The van der Waals surface area contributed by atoms with Gasteiger partial charge in [-0.1, -0.05) is 24.3 Å². The van der Waals surface area contributed by atoms with Crippen molar-refractivity contribution in [2.24, 2.45) is 5.92 Å². The number of alkyl halides is 2. The highest BCUT2D eigenvalue weighted by molar-refractivity contribution is 5.92. The smallest absolute Gasteiger partial charge is 0.271 e. The minimum atomic E-state index is -2.36. The standard InChI is InChI=1S/C21H26F2N4O2/c22-20(23)16-5-6-19-25-18(13-27(19)11-16)21(29)24-9-17(28)12-26-8-7-14-3-1-2-4-15(14)10-26/h1-4,13,16-17,20,28H,5-12H2,(H,24,29)/t16?,17-/m0/s1. The van der Waals surface area contributed by atoms with Crippen molar-refractivity contribution in [1.82, 2.24) is 19.8 Å². The van der Waals surface area contributed by atoms with Crippen LogP contribution < -0.4 is 5.32 Å². The summed E-state index contributed by atoms with van der Waals surface area (Å²) >= 11 is 0. The number of benzene rings is 1. The van der Waals surface area contributed by atoms with Gasteiger partial charge < -0.3 is 15.0 Å². The highest BCUT2D eigenvalue weighted by Crippen LogP contribution is 2.25. The average Bonchev–Trinajstić information content (AvgIpc) is 3.15. The molecular weight excluding hydrogens is 378 g/mol. The minimum absolute atomic E-state index is 0.124. The SMILES string of the molecule is O=C(NC[C@H](O)CN1CCc2ccccc2C1)c1cn2c(n1)CCC(C(F)F)C2. The van der Waals surface area contributed by atoms with Crippen molar-refractivity contribution in [1.29, 1.82) is 0 Å². The van der Waals surface area contributed by atoms with Crippen molar-refractivity contribution in [3.8, 4) is 0 Å². The van der Waals surface area contributed by atoms with Gasteiger partial charge in [-0.2, -0.15) is 0 Å². The van der Waals surface area contributed by atoms with Crippen LogP contribution in [0, 0.1) is 5.92 Å². The molecule has 156 valence electrons. The lowest BCUT2D eigenvalue weighted by atomic mass is 10.00. The Labute approximate surface area is 168 Å². The van der Waals surface area contributed by atoms with Crippen molar-refractivity contribution in [3.63, 3.8) is 0 Å². The fraction of sp³-hybridized carbons (Fsp3) is 0.524. The molecule has 1 aromatic heterocycles. The van der Waals surface area contributed by atoms with Crippen LogP contribution in [0.15, 0.2) is 30.5 Å². The number of aryl methyl sites for hydroxylation is 1. The van der Waals surface area contributed by atoms with Gasteiger partial charge in [0.05, 0.1) is 6.10 Å². The molecule has 0 saturated carbocycles. The first kappa shape index (κ1) is 20.0. The topological polar surface area (TPSA) is 70.4 Å². The zero-order valence-electron chi connectivity index (χ0n) is 16.2. The molecule has 2 aliphatic rings. The Morgan fingerprint density at radius 1 is 1.28 bits per heavy atom. The first-order valence-electron chi connectivity index (χ1n) is 10.1. The Morgan fingerprint density at radius 3 is 2.86 bits per heavy atom. The number of nitrogens with one attached hydrogen (secondary N) is 1. The summed E-state index contributed by atoms with van der Waals surface area (Å²) in [5, 5.41) is 13.0. The van der Waals surface area contributed by atoms with E-state index < -0.39 is 18.4 Å². The maximum Gasteiger partial charge on any atom is 0.271 e. The first-order valence-corrected chi connectivity index (χ1v) is 10.1. The fourth-order valence-corrected chi connectivity index (χ4v) is 4.16. The maximum atomic E-state index is 12.9. The highest BCUT2D eigenvalue weighted by atomic mass is 19.3. The third-order valence-electron chi connectivity index (χ3n) is 5.79. The van der Waals surface area contributed by atoms with Crippen LogP contribution in [0.4, 0.5) is 8.78 Å². The summed E-state index contributed by atoms with van der Waals surface area (Å²) in [4.78, 5) is 18.8. The van der Waals surface area contributed by atoms with Gasteiger partial charge in [0.25, 0.3) is 5.91 Å². The molecule has 2 aliphatic heterocycles. The number of hydrogen-bond donors (Lipinski definition) is 2. The molecule has 0 bridgehead atoms. The molecule has 2 atom stereocenters. The third-order valence-corrected chi connectivity index (χ3v) is 5.79. The number of aliphatic hydroxyl groups is 1. The molecule has 3 heterocycles. The number of aliphatic hydroxyl groups excluding tert-OH is 1. The van der Waals surface area contributed by atoms with Crippen molar-refractivity contribution in [2.45, 2.75) is 44.9 Å². The minimum Gasteiger partial charge on any atom is -0.390 e. The molecule has 0 saturated heterocycles. The highest BCUT2D eigenvalue weighted by Gasteiger charge is 2.28. The zero-order valence-corrected chi connectivity index (χ0v) is 16.2. The molecule has 6 nitrogen and oxygen atoms in total. The second-order valence-electron chi connectivity index (χ2n) is 7.95. The average molecular weight is 404 g/mol. The van der Waals surface area contributed by atoms with Crippen molar-refractivity contribution >= 4 is 5.91 Å². The van der Waals surface area contributed by atoms with E-state index in [2.05, 4.69) is 27.3 Å². The summed E-state index contributed by atoms with van der Waals surface area (Å²) in [5.41, 5.74) is 2.85. The summed E-state index contributed by atoms with van der Waals surface area (Å²) in [6, 6.07) is 8.30. The lowest BCUT2D eigenvalue weighted by Gasteiger charge is -2.30. The summed E-state index contributed by atoms with van der Waals surface area (Å²) in [7, 11) is 0. The van der Waals surface area contributed by atoms with Crippen LogP contribution in [0.25, 0.3) is 0 Å². The van der Waals surface area contributed by atoms with Crippen LogP contribution in [-0.4, -0.2) is 57.6 Å². The lowest BCUT2D eigenvalue weighted by Crippen LogP contribution is -2.42. The van der Waals surface area contributed by atoms with Crippen LogP contribution in [0.3, 0.4) is 0 Å². The van der Waals surface area contributed by atoms with Gasteiger partial charge in [0.2, 0.25) is 6.43 Å². The van der Waals surface area contributed by atoms with E-state index in [4.69, 9.17) is 0 Å². The van der Waals surface area contributed by atoms with Gasteiger partial charge in [0, 0.05) is 51.3 Å². The van der Waals surface area contributed by atoms with Gasteiger partial charge in [-0.05, 0) is 24.0 Å². The van der Waals surface area contributed by atoms with E-state index >= 15 is 0 Å². The summed E-state index contributed by atoms with van der Waals surface area (Å²) in [5.74, 6) is -0.410. The molecule has 1 amide bonds. The number of fused-ring (bicyclic) bond motifs is 2. The monoisotopic (exact) mass is 404 g/mol. The number of rotatable bonds is 6. The quantitative estimate of drug-likeness (QED) is 0.771. The van der Waals surface area contributed by atoms with E-state index in [0.29, 0.717) is 25.2 Å². The molecule has 0 spiro atoms. The number of imidazole rings is 1. The maximum absolute atomic E-state index is 12.9. The number of carbonyl (C=O) groups is 1. The van der Waals surface area contributed by atoms with Gasteiger partial charge in [0.15, 0.2) is 0 Å². The van der Waals surface area contributed by atoms with Gasteiger partial charge in [-0.3, -0.25) is 9.69 Å². The number of amides is 1. The summed E-state index contributed by atoms with van der Waals surface area (Å²) in [6.45, 7) is 2.46. The van der Waals surface area contributed by atoms with Crippen molar-refractivity contribution in [2.75, 3.05) is 19.6 Å². The zero-order chi connectivity index (χ0) is 20.4. The summed E-state index contributed by atoms with van der Waals surface area (Å²) < 4.78 is 27.5. The Kier molecular flexibility index (Phi) is 5.91. The van der Waals surface area contributed by atoms with E-state index in [-0.39, 0.29) is 24.7 Å². The number of nitrogens with zero attached hydrogens (tertiary/aromatic N) is 3.